The lowest BCUT2D eigenvalue weighted by Crippen LogP contribution is -2.37. The average molecular weight is 358 g/mol. The van der Waals surface area contributed by atoms with Crippen LogP contribution in [0.25, 0.3) is 0 Å². The van der Waals surface area contributed by atoms with Crippen LogP contribution < -0.4 is 14.8 Å². The normalized spacial score (nSPS) is 15.6. The Morgan fingerprint density at radius 1 is 1.19 bits per heavy atom. The van der Waals surface area contributed by atoms with Crippen molar-refractivity contribution in [3.8, 4) is 11.5 Å². The van der Waals surface area contributed by atoms with E-state index in [-0.39, 0.29) is 11.9 Å². The molecule has 0 aliphatic carbocycles. The van der Waals surface area contributed by atoms with Crippen LogP contribution >= 0.6 is 0 Å². The van der Waals surface area contributed by atoms with E-state index < -0.39 is 0 Å². The van der Waals surface area contributed by atoms with Gasteiger partial charge in [-0.25, -0.2) is 0 Å². The number of likely N-dealkylation sites (tertiary alicyclic amines) is 1. The van der Waals surface area contributed by atoms with Crippen LogP contribution in [-0.2, 0) is 11.2 Å². The molecule has 1 fully saturated rings. The molecule has 26 heavy (non-hydrogen) atoms. The fourth-order valence-electron chi connectivity index (χ4n) is 3.39. The molecule has 140 valence electrons. The summed E-state index contributed by atoms with van der Waals surface area (Å²) >= 11 is 0. The lowest BCUT2D eigenvalue weighted by molar-refractivity contribution is -0.120. The number of nitrogens with zero attached hydrogens (tertiary/aromatic N) is 1. The van der Waals surface area contributed by atoms with Crippen LogP contribution in [0.5, 0.6) is 11.5 Å². The monoisotopic (exact) mass is 358 g/mol. The maximum Gasteiger partial charge on any atom is 0.224 e. The van der Waals surface area contributed by atoms with E-state index >= 15 is 0 Å². The molecule has 0 radical (unpaired) electrons. The van der Waals surface area contributed by atoms with Crippen molar-refractivity contribution < 1.29 is 18.7 Å². The molecule has 1 aliphatic rings. The first-order chi connectivity index (χ1) is 12.7. The highest BCUT2D eigenvalue weighted by Crippen LogP contribution is 2.28. The van der Waals surface area contributed by atoms with Crippen molar-refractivity contribution in [3.63, 3.8) is 0 Å². The number of hydrogen-bond donors (Lipinski definition) is 1. The second-order valence-corrected chi connectivity index (χ2v) is 6.44. The number of carbonyl (C=O) groups is 1. The smallest absolute Gasteiger partial charge is 0.224 e. The molecule has 1 aliphatic heterocycles. The highest BCUT2D eigenvalue weighted by molar-refractivity contribution is 5.78. The molecule has 2 aromatic rings. The number of benzene rings is 1. The van der Waals surface area contributed by atoms with Gasteiger partial charge in [-0.3, -0.25) is 9.69 Å². The molecular weight excluding hydrogens is 332 g/mol. The number of carbonyl (C=O) groups excluding carboxylic acids is 1. The Bertz CT molecular complexity index is 709. The van der Waals surface area contributed by atoms with Gasteiger partial charge in [0.15, 0.2) is 11.5 Å². The SMILES string of the molecule is COc1ccc(CC(=O)NCC(c2ccco2)N2CCCC2)cc1OC. The van der Waals surface area contributed by atoms with E-state index in [1.165, 1.54) is 12.8 Å². The van der Waals surface area contributed by atoms with E-state index in [9.17, 15) is 4.79 Å². The number of methoxy groups -OCH3 is 2. The zero-order valence-corrected chi connectivity index (χ0v) is 15.4. The highest BCUT2D eigenvalue weighted by atomic mass is 16.5. The van der Waals surface area contributed by atoms with Crippen LogP contribution in [0.4, 0.5) is 0 Å². The van der Waals surface area contributed by atoms with Crippen LogP contribution in [0.2, 0.25) is 0 Å². The van der Waals surface area contributed by atoms with Gasteiger partial charge in [0.25, 0.3) is 0 Å². The van der Waals surface area contributed by atoms with Gasteiger partial charge in [0, 0.05) is 6.54 Å². The number of nitrogens with one attached hydrogen (secondary N) is 1. The fraction of sp³-hybridized carbons (Fsp3) is 0.450. The van der Waals surface area contributed by atoms with Gasteiger partial charge in [-0.1, -0.05) is 6.07 Å². The second kappa shape index (κ2) is 8.76. The highest BCUT2D eigenvalue weighted by Gasteiger charge is 2.25. The summed E-state index contributed by atoms with van der Waals surface area (Å²) in [6, 6.07) is 9.49. The van der Waals surface area contributed by atoms with Crippen LogP contribution in [0, 0.1) is 0 Å². The third-order valence-electron chi connectivity index (χ3n) is 4.76. The molecule has 1 atom stereocenters. The first-order valence-corrected chi connectivity index (χ1v) is 8.96. The molecule has 1 saturated heterocycles. The Morgan fingerprint density at radius 3 is 2.62 bits per heavy atom. The molecule has 1 N–H and O–H groups in total. The summed E-state index contributed by atoms with van der Waals surface area (Å²) in [5.41, 5.74) is 0.885. The van der Waals surface area contributed by atoms with Crippen molar-refractivity contribution in [1.29, 1.82) is 0 Å². The minimum Gasteiger partial charge on any atom is -0.493 e. The van der Waals surface area contributed by atoms with E-state index in [4.69, 9.17) is 13.9 Å². The molecule has 6 heteroatoms. The fourth-order valence-corrected chi connectivity index (χ4v) is 3.39. The number of furan rings is 1. The van der Waals surface area contributed by atoms with E-state index in [1.807, 2.05) is 30.3 Å². The van der Waals surface area contributed by atoms with Gasteiger partial charge in [-0.2, -0.15) is 0 Å². The minimum atomic E-state index is -0.0204. The third kappa shape index (κ3) is 4.38. The molecule has 3 rings (SSSR count). The van der Waals surface area contributed by atoms with Crippen LogP contribution in [0.3, 0.4) is 0 Å². The number of hydrogen-bond acceptors (Lipinski definition) is 5. The molecule has 0 spiro atoms. The van der Waals surface area contributed by atoms with Crippen molar-refractivity contribution >= 4 is 5.91 Å². The molecule has 1 aromatic carbocycles. The molecule has 1 aromatic heterocycles. The van der Waals surface area contributed by atoms with E-state index in [0.29, 0.717) is 24.5 Å². The third-order valence-corrected chi connectivity index (χ3v) is 4.76. The summed E-state index contributed by atoms with van der Waals surface area (Å²) in [7, 11) is 3.18. The van der Waals surface area contributed by atoms with E-state index in [1.54, 1.807) is 20.5 Å². The van der Waals surface area contributed by atoms with Crippen molar-refractivity contribution in [3.05, 3.63) is 47.9 Å². The van der Waals surface area contributed by atoms with E-state index in [2.05, 4.69) is 10.2 Å². The second-order valence-electron chi connectivity index (χ2n) is 6.44. The van der Waals surface area contributed by atoms with Crippen LogP contribution in [0.1, 0.15) is 30.2 Å². The van der Waals surface area contributed by atoms with Crippen molar-refractivity contribution in [2.45, 2.75) is 25.3 Å². The molecule has 1 amide bonds. The van der Waals surface area contributed by atoms with Gasteiger partial charge >= 0.3 is 0 Å². The first kappa shape index (κ1) is 18.3. The van der Waals surface area contributed by atoms with Crippen LogP contribution in [-0.4, -0.2) is 44.7 Å². The summed E-state index contributed by atoms with van der Waals surface area (Å²) in [5.74, 6) is 2.16. The Morgan fingerprint density at radius 2 is 1.96 bits per heavy atom. The maximum absolute atomic E-state index is 12.4. The number of rotatable bonds is 8. The molecule has 0 bridgehead atoms. The molecule has 1 unspecified atom stereocenters. The van der Waals surface area contributed by atoms with Gasteiger partial charge < -0.3 is 19.2 Å². The lowest BCUT2D eigenvalue weighted by atomic mass is 10.1. The van der Waals surface area contributed by atoms with Crippen molar-refractivity contribution in [2.24, 2.45) is 0 Å². The van der Waals surface area contributed by atoms with Gasteiger partial charge in [0.05, 0.1) is 32.9 Å². The van der Waals surface area contributed by atoms with E-state index in [0.717, 1.165) is 24.4 Å². The maximum atomic E-state index is 12.4. The lowest BCUT2D eigenvalue weighted by Gasteiger charge is -2.26. The zero-order chi connectivity index (χ0) is 18.4. The quantitative estimate of drug-likeness (QED) is 0.786. The Kier molecular flexibility index (Phi) is 6.17. The van der Waals surface area contributed by atoms with Crippen molar-refractivity contribution in [1.82, 2.24) is 10.2 Å². The molecule has 6 nitrogen and oxygen atoms in total. The average Bonchev–Trinajstić information content (AvgIpc) is 3.36. The van der Waals surface area contributed by atoms with Gasteiger partial charge in [-0.05, 0) is 55.8 Å². The largest absolute Gasteiger partial charge is 0.493 e. The van der Waals surface area contributed by atoms with Gasteiger partial charge in [0.1, 0.15) is 5.76 Å². The van der Waals surface area contributed by atoms with Crippen LogP contribution in [0.15, 0.2) is 41.0 Å². The van der Waals surface area contributed by atoms with Crippen molar-refractivity contribution in [2.75, 3.05) is 33.9 Å². The summed E-state index contributed by atoms with van der Waals surface area (Å²) in [6.45, 7) is 2.62. The predicted octanol–water partition coefficient (Wildman–Crippen LogP) is 2.79. The summed E-state index contributed by atoms with van der Waals surface area (Å²) in [6.07, 6.45) is 4.36. The first-order valence-electron chi connectivity index (χ1n) is 8.96. The zero-order valence-electron chi connectivity index (χ0n) is 15.4. The minimum absolute atomic E-state index is 0.0204. The molecule has 2 heterocycles. The van der Waals surface area contributed by atoms with Gasteiger partial charge in [-0.15, -0.1) is 0 Å². The summed E-state index contributed by atoms with van der Waals surface area (Å²) in [4.78, 5) is 14.8. The predicted molar refractivity (Wildman–Crippen MR) is 98.5 cm³/mol. The summed E-state index contributed by atoms with van der Waals surface area (Å²) in [5, 5.41) is 3.05. The van der Waals surface area contributed by atoms with Gasteiger partial charge in [0.2, 0.25) is 5.91 Å². The Balaban J connectivity index is 1.60. The Hall–Kier alpha value is -2.47. The number of ether oxygens (including phenoxy) is 2. The molecule has 0 saturated carbocycles. The standard InChI is InChI=1S/C20H26N2O4/c1-24-18-8-7-15(12-19(18)25-2)13-20(23)21-14-16(17-6-5-11-26-17)22-9-3-4-10-22/h5-8,11-12,16H,3-4,9-10,13-14H2,1-2H3,(H,21,23). The topological polar surface area (TPSA) is 63.9 Å². The summed E-state index contributed by atoms with van der Waals surface area (Å²) < 4.78 is 16.1. The number of amides is 1. The Labute approximate surface area is 154 Å². The molecular formula is C20H26N2O4.